The quantitative estimate of drug-likeness (QED) is 0.200. The van der Waals surface area contributed by atoms with Crippen LogP contribution in [0.15, 0.2) is 23.2 Å². The van der Waals surface area contributed by atoms with Crippen LogP contribution in [0.2, 0.25) is 0 Å². The molecule has 1 atom stereocenters. The number of hydrogen-bond acceptors (Lipinski definition) is 11. The molecule has 3 heterocycles. The van der Waals surface area contributed by atoms with Crippen LogP contribution in [-0.2, 0) is 24.0 Å². The molecule has 13 heteroatoms. The molecule has 0 aromatic carbocycles. The first-order chi connectivity index (χ1) is 14.0. The minimum absolute atomic E-state index is 0. The molecule has 12 nitrogen and oxygen atoms in total. The number of Topliss-reactive ketones (excluding diaryl/α,β-unsaturated/α-hetero) is 1. The van der Waals surface area contributed by atoms with E-state index in [0.717, 1.165) is 39.3 Å². The Bertz CT molecular complexity index is 870. The van der Waals surface area contributed by atoms with Crippen molar-refractivity contribution in [2.24, 2.45) is 0 Å². The predicted octanol–water partition coefficient (Wildman–Crippen LogP) is -5.12. The number of ketones is 2. The van der Waals surface area contributed by atoms with Crippen molar-refractivity contribution in [3.05, 3.63) is 23.2 Å². The van der Waals surface area contributed by atoms with E-state index in [2.05, 4.69) is 0 Å². The molecule has 0 radical (unpaired) electrons. The maximum atomic E-state index is 12.4. The van der Waals surface area contributed by atoms with Gasteiger partial charge in [-0.25, -0.2) is 0 Å². The first-order valence-electron chi connectivity index (χ1n) is 9.19. The molecule has 162 valence electrons. The molecule has 1 unspecified atom stereocenters. The summed E-state index contributed by atoms with van der Waals surface area (Å²) < 4.78 is 0. The predicted molar refractivity (Wildman–Crippen MR) is 97.4 cm³/mol. The van der Waals surface area contributed by atoms with Gasteiger partial charge in [-0.15, -0.1) is 0 Å². The molecule has 0 bridgehead atoms. The third-order valence-corrected chi connectivity index (χ3v) is 4.75. The van der Waals surface area contributed by atoms with E-state index in [0.29, 0.717) is 17.1 Å². The van der Waals surface area contributed by atoms with Crippen LogP contribution < -0.4 is 10.2 Å². The Morgan fingerprint density at radius 1 is 0.903 bits per heavy atom. The summed E-state index contributed by atoms with van der Waals surface area (Å²) in [5.74, 6) is -5.62. The van der Waals surface area contributed by atoms with Crippen molar-refractivity contribution in [2.75, 3.05) is 39.3 Å². The molecule has 3 aliphatic heterocycles. The molecule has 0 aromatic heterocycles. The van der Waals surface area contributed by atoms with Crippen LogP contribution in [-0.4, -0.2) is 137 Å². The van der Waals surface area contributed by atoms with E-state index in [1.165, 1.54) is 6.08 Å². The maximum Gasteiger partial charge on any atom is 2.00 e. The van der Waals surface area contributed by atoms with Crippen LogP contribution in [0.5, 0.6) is 0 Å². The number of hydrogen-bond donors (Lipinski definition) is 2. The number of aliphatic carboxylic acids is 3. The van der Waals surface area contributed by atoms with E-state index < -0.39 is 36.4 Å². The number of carboxylic acids is 3. The van der Waals surface area contributed by atoms with Gasteiger partial charge in [0, 0.05) is 57.7 Å². The van der Waals surface area contributed by atoms with Gasteiger partial charge >= 0.3 is 43.7 Å². The van der Waals surface area contributed by atoms with E-state index in [9.17, 15) is 34.2 Å². The van der Waals surface area contributed by atoms with E-state index in [-0.39, 0.29) is 49.3 Å². The van der Waals surface area contributed by atoms with Crippen molar-refractivity contribution >= 4 is 67.2 Å². The van der Waals surface area contributed by atoms with Crippen LogP contribution in [0, 0.1) is 0 Å². The summed E-state index contributed by atoms with van der Waals surface area (Å²) in [6.07, 6.45) is -1.04. The maximum absolute atomic E-state index is 12.4. The Hall–Kier alpha value is -2.15. The summed E-state index contributed by atoms with van der Waals surface area (Å²) in [5.41, 5.74) is -1.03. The summed E-state index contributed by atoms with van der Waals surface area (Å²) in [6.45, 7) is 5.41. The van der Waals surface area contributed by atoms with Crippen LogP contribution in [0.25, 0.3) is 0 Å². The van der Waals surface area contributed by atoms with Crippen molar-refractivity contribution in [1.29, 1.82) is 0 Å². The van der Waals surface area contributed by atoms with Gasteiger partial charge in [0.1, 0.15) is 17.0 Å². The second kappa shape index (κ2) is 9.55. The standard InChI is InChI=1S/C12H13N3O2.C6H8O7.Ca/c16-9-7-8(13-1-2-13)12(17)11(15-5-6-15)10(9)14-3-4-14;7-3(8)1-6(13,5(11)12)2-4(9)10;/h7H,1-6H2;13H,1-2H2,(H,7,8)(H,9,10)(H,11,12);/q;;+2/p-2. The molecule has 31 heavy (non-hydrogen) atoms. The average Bonchev–Trinajstić information content (AvgIpc) is 3.46. The summed E-state index contributed by atoms with van der Waals surface area (Å²) in [5, 5.41) is 37.2. The zero-order valence-corrected chi connectivity index (χ0v) is 18.7. The number of rotatable bonds is 8. The molecule has 0 saturated carbocycles. The number of carboxylic acid groups (broad SMARTS) is 3. The van der Waals surface area contributed by atoms with Crippen molar-refractivity contribution < 1.29 is 44.4 Å². The molecule has 4 aliphatic rings. The number of nitrogens with zero attached hydrogens (tertiary/aromatic N) is 3. The summed E-state index contributed by atoms with van der Waals surface area (Å²) >= 11 is 0. The van der Waals surface area contributed by atoms with E-state index in [1.54, 1.807) is 0 Å². The molecule has 0 spiro atoms. The van der Waals surface area contributed by atoms with Crippen molar-refractivity contribution in [3.8, 4) is 0 Å². The number of allylic oxidation sites excluding steroid dienone is 1. The fourth-order valence-electron chi connectivity index (χ4n) is 2.97. The monoisotopic (exact) mass is 461 g/mol. The minimum Gasteiger partial charge on any atom is -0.550 e. The molecule has 0 aromatic rings. The van der Waals surface area contributed by atoms with Gasteiger partial charge in [0.25, 0.3) is 0 Å². The Balaban J connectivity index is 0.000000223. The third-order valence-electron chi connectivity index (χ3n) is 4.75. The van der Waals surface area contributed by atoms with Gasteiger partial charge in [-0.3, -0.25) is 14.4 Å². The molecule has 0 amide bonds. The van der Waals surface area contributed by atoms with Gasteiger partial charge in [-0.2, -0.15) is 0 Å². The molecule has 3 saturated heterocycles. The van der Waals surface area contributed by atoms with E-state index >= 15 is 0 Å². The number of aliphatic hydroxyl groups is 1. The smallest absolute Gasteiger partial charge is 0.550 e. The van der Waals surface area contributed by atoms with Crippen LogP contribution in [0.4, 0.5) is 0 Å². The topological polar surface area (TPSA) is 181 Å². The number of carbonyl (C=O) groups is 5. The number of carbonyl (C=O) groups excluding carboxylic acids is 4. The fourth-order valence-corrected chi connectivity index (χ4v) is 2.97. The van der Waals surface area contributed by atoms with Crippen LogP contribution in [0.3, 0.4) is 0 Å². The second-order valence-corrected chi connectivity index (χ2v) is 7.32. The summed E-state index contributed by atoms with van der Waals surface area (Å²) in [6, 6.07) is 0. The molecular weight excluding hydrogens is 442 g/mol. The Labute approximate surface area is 206 Å². The van der Waals surface area contributed by atoms with Crippen molar-refractivity contribution in [2.45, 2.75) is 18.4 Å². The zero-order chi connectivity index (χ0) is 22.2. The fraction of sp³-hybridized carbons (Fsp3) is 0.500. The van der Waals surface area contributed by atoms with Gasteiger partial charge in [-0.05, 0) is 0 Å². The average molecular weight is 461 g/mol. The third kappa shape index (κ3) is 6.19. The summed E-state index contributed by atoms with van der Waals surface area (Å²) in [7, 11) is 0. The van der Waals surface area contributed by atoms with Gasteiger partial charge in [0.2, 0.25) is 11.6 Å². The second-order valence-electron chi connectivity index (χ2n) is 7.32. The molecule has 1 aliphatic carbocycles. The first-order valence-corrected chi connectivity index (χ1v) is 9.19. The molecule has 3 fully saturated rings. The van der Waals surface area contributed by atoms with Gasteiger partial charge < -0.3 is 44.7 Å². The Morgan fingerprint density at radius 3 is 1.77 bits per heavy atom. The van der Waals surface area contributed by atoms with E-state index in [1.807, 2.05) is 14.7 Å². The normalized spacial score (nSPS) is 20.7. The van der Waals surface area contributed by atoms with Gasteiger partial charge in [-0.1, -0.05) is 0 Å². The summed E-state index contributed by atoms with van der Waals surface area (Å²) in [4.78, 5) is 60.6. The van der Waals surface area contributed by atoms with Crippen molar-refractivity contribution in [1.82, 2.24) is 14.7 Å². The zero-order valence-electron chi connectivity index (χ0n) is 16.5. The Kier molecular flexibility index (Phi) is 7.74. The molecular formula is C18H19CaN3O9. The van der Waals surface area contributed by atoms with E-state index in [4.69, 9.17) is 10.2 Å². The Morgan fingerprint density at radius 2 is 1.39 bits per heavy atom. The van der Waals surface area contributed by atoms with Crippen molar-refractivity contribution in [3.63, 3.8) is 0 Å². The van der Waals surface area contributed by atoms with Crippen LogP contribution in [0.1, 0.15) is 12.8 Å². The largest absolute Gasteiger partial charge is 2.00 e. The molecule has 2 N–H and O–H groups in total. The SMILES string of the molecule is O=C([O-])CC(O)(CC(=O)O)C(=O)[O-].O=C1C=C(N2CC2)C(=O)C(N2CC2)=C1N1CC1.[Ca+2]. The molecule has 4 rings (SSSR count). The van der Waals surface area contributed by atoms with Crippen LogP contribution >= 0.6 is 0 Å². The van der Waals surface area contributed by atoms with Gasteiger partial charge in [0.15, 0.2) is 0 Å². The minimum atomic E-state index is -2.91. The first kappa shape index (κ1) is 25.1. The van der Waals surface area contributed by atoms with Gasteiger partial charge in [0.05, 0.1) is 18.1 Å².